The van der Waals surface area contributed by atoms with Gasteiger partial charge in [-0.3, -0.25) is 0 Å². The Balaban J connectivity index is 1.79. The summed E-state index contributed by atoms with van der Waals surface area (Å²) in [6.07, 6.45) is 2.67. The molecule has 0 aliphatic carbocycles. The number of hydrogen-bond donors (Lipinski definition) is 2. The highest BCUT2D eigenvalue weighted by Gasteiger charge is 2.47. The molecule has 0 aromatic carbocycles. The van der Waals surface area contributed by atoms with Crippen molar-refractivity contribution in [1.82, 2.24) is 25.1 Å². The van der Waals surface area contributed by atoms with Crippen molar-refractivity contribution in [2.75, 3.05) is 17.7 Å². The highest BCUT2D eigenvalue weighted by Crippen LogP contribution is 2.39. The molecule has 1 aromatic heterocycles. The molecule has 2 aliphatic rings. The Bertz CT molecular complexity index is 729. The van der Waals surface area contributed by atoms with Gasteiger partial charge in [0.15, 0.2) is 0 Å². The van der Waals surface area contributed by atoms with Crippen molar-refractivity contribution in [1.29, 1.82) is 0 Å². The molecule has 0 bridgehead atoms. The third-order valence-electron chi connectivity index (χ3n) is 6.65. The van der Waals surface area contributed by atoms with Gasteiger partial charge >= 0.3 is 6.01 Å². The van der Waals surface area contributed by atoms with Crippen LogP contribution in [0.25, 0.3) is 0 Å². The summed E-state index contributed by atoms with van der Waals surface area (Å²) < 4.78 is 5.31. The average Bonchev–Trinajstić information content (AvgIpc) is 2.63. The first kappa shape index (κ1) is 24.9. The second kappa shape index (κ2) is 8.23. The molecule has 3 rings (SSSR count). The summed E-state index contributed by atoms with van der Waals surface area (Å²) in [4.78, 5) is 13.3. The second-order valence-electron chi connectivity index (χ2n) is 11.8. The summed E-state index contributed by atoms with van der Waals surface area (Å²) in [5.41, 5.74) is -2.00. The van der Waals surface area contributed by atoms with E-state index >= 15 is 0 Å². The van der Waals surface area contributed by atoms with Crippen molar-refractivity contribution < 1.29 is 15.2 Å². The zero-order chi connectivity index (χ0) is 24.1. The number of hydroxylamine groups is 4. The van der Waals surface area contributed by atoms with Crippen molar-refractivity contribution in [2.45, 2.75) is 115 Å². The van der Waals surface area contributed by atoms with Crippen LogP contribution in [0.15, 0.2) is 0 Å². The van der Waals surface area contributed by atoms with Gasteiger partial charge in [-0.25, -0.2) is 0 Å². The number of piperidine rings is 2. The first-order valence-electron chi connectivity index (χ1n) is 11.3. The number of anilines is 2. The fourth-order valence-electron chi connectivity index (χ4n) is 5.67. The van der Waals surface area contributed by atoms with Gasteiger partial charge in [0.25, 0.3) is 0 Å². The summed E-state index contributed by atoms with van der Waals surface area (Å²) in [5, 5.41) is 34.5. The molecular formula is C22H39N7O3. The van der Waals surface area contributed by atoms with E-state index in [2.05, 4.69) is 25.6 Å². The van der Waals surface area contributed by atoms with E-state index < -0.39 is 22.2 Å². The lowest BCUT2D eigenvalue weighted by molar-refractivity contribution is -0.288. The molecule has 10 nitrogen and oxygen atoms in total. The summed E-state index contributed by atoms with van der Waals surface area (Å²) in [7, 11) is 1.52. The molecule has 2 fully saturated rings. The zero-order valence-electron chi connectivity index (χ0n) is 20.9. The summed E-state index contributed by atoms with van der Waals surface area (Å²) in [5.74, 6) is 0.824. The predicted octanol–water partition coefficient (Wildman–Crippen LogP) is 3.44. The van der Waals surface area contributed by atoms with Gasteiger partial charge < -0.3 is 15.4 Å². The van der Waals surface area contributed by atoms with Crippen molar-refractivity contribution in [3.63, 3.8) is 0 Å². The SMILES string of the molecule is COc1nc(NC2CC(C)(C)N([O])C(C)(C)C2)nc(NC2CC(C)(C)N([O])C(C)(C)C2)n1. The lowest BCUT2D eigenvalue weighted by atomic mass is 9.79. The molecule has 10 heteroatoms. The van der Waals surface area contributed by atoms with Crippen molar-refractivity contribution in [3.05, 3.63) is 0 Å². The Kier molecular flexibility index (Phi) is 6.40. The number of nitrogens with zero attached hydrogens (tertiary/aromatic N) is 5. The van der Waals surface area contributed by atoms with E-state index in [0.717, 1.165) is 0 Å². The first-order chi connectivity index (χ1) is 14.6. The van der Waals surface area contributed by atoms with Gasteiger partial charge in [-0.05, 0) is 81.1 Å². The summed E-state index contributed by atoms with van der Waals surface area (Å²) in [6.45, 7) is 15.7. The first-order valence-corrected chi connectivity index (χ1v) is 11.3. The van der Waals surface area contributed by atoms with Crippen LogP contribution < -0.4 is 15.4 Å². The topological polar surface area (TPSA) is 118 Å². The number of methoxy groups -OCH3 is 1. The largest absolute Gasteiger partial charge is 0.467 e. The fraction of sp³-hybridized carbons (Fsp3) is 0.864. The molecule has 3 heterocycles. The van der Waals surface area contributed by atoms with Crippen LogP contribution in [-0.2, 0) is 10.4 Å². The maximum Gasteiger partial charge on any atom is 0.322 e. The van der Waals surface area contributed by atoms with Gasteiger partial charge in [-0.15, -0.1) is 20.5 Å². The van der Waals surface area contributed by atoms with E-state index in [-0.39, 0.29) is 18.1 Å². The Morgan fingerprint density at radius 1 is 0.688 bits per heavy atom. The van der Waals surface area contributed by atoms with E-state index in [0.29, 0.717) is 37.6 Å². The number of aromatic nitrogens is 3. The van der Waals surface area contributed by atoms with Gasteiger partial charge in [0.2, 0.25) is 11.9 Å². The normalized spacial score (nSPS) is 26.0. The van der Waals surface area contributed by atoms with Gasteiger partial charge in [0, 0.05) is 34.2 Å². The summed E-state index contributed by atoms with van der Waals surface area (Å²) in [6, 6.07) is 0.281. The number of rotatable bonds is 5. The molecule has 2 radical (unpaired) electrons. The van der Waals surface area contributed by atoms with Gasteiger partial charge in [-0.1, -0.05) is 0 Å². The van der Waals surface area contributed by atoms with Crippen LogP contribution in [0.1, 0.15) is 81.1 Å². The van der Waals surface area contributed by atoms with Crippen molar-refractivity contribution in [2.24, 2.45) is 0 Å². The second-order valence-corrected chi connectivity index (χ2v) is 11.8. The quantitative estimate of drug-likeness (QED) is 0.702. The molecule has 0 spiro atoms. The monoisotopic (exact) mass is 449 g/mol. The Labute approximate surface area is 191 Å². The van der Waals surface area contributed by atoms with Crippen molar-refractivity contribution in [3.8, 4) is 6.01 Å². The molecule has 0 saturated carbocycles. The van der Waals surface area contributed by atoms with E-state index in [9.17, 15) is 10.4 Å². The van der Waals surface area contributed by atoms with Crippen LogP contribution >= 0.6 is 0 Å². The summed E-state index contributed by atoms with van der Waals surface area (Å²) >= 11 is 0. The van der Waals surface area contributed by atoms with Gasteiger partial charge in [-0.2, -0.15) is 15.0 Å². The zero-order valence-corrected chi connectivity index (χ0v) is 20.9. The highest BCUT2D eigenvalue weighted by atomic mass is 16.5. The molecule has 0 amide bonds. The number of ether oxygens (including phenoxy) is 1. The molecule has 2 N–H and O–H groups in total. The lowest BCUT2D eigenvalue weighted by Crippen LogP contribution is -2.60. The average molecular weight is 450 g/mol. The molecule has 1 aromatic rings. The highest BCUT2D eigenvalue weighted by molar-refractivity contribution is 5.38. The van der Waals surface area contributed by atoms with E-state index in [1.54, 1.807) is 0 Å². The maximum absolute atomic E-state index is 12.7. The molecule has 2 aliphatic heterocycles. The number of hydrogen-bond acceptors (Lipinski definition) is 8. The smallest absolute Gasteiger partial charge is 0.322 e. The van der Waals surface area contributed by atoms with E-state index in [1.165, 1.54) is 17.2 Å². The van der Waals surface area contributed by atoms with Crippen LogP contribution in [0.2, 0.25) is 0 Å². The molecule has 2 saturated heterocycles. The maximum atomic E-state index is 12.7. The standard InChI is InChI=1S/C22H39N7O3/c1-19(2)10-14(11-20(3,4)28(19)30)23-16-25-17(27-18(26-16)32-9)24-15-12-21(5,6)29(31)22(7,8)13-15/h14-15H,10-13H2,1-9H3,(H2,23,24,25,26,27). The van der Waals surface area contributed by atoms with Crippen LogP contribution in [0.4, 0.5) is 11.9 Å². The van der Waals surface area contributed by atoms with Crippen LogP contribution in [-0.4, -0.2) is 66.4 Å². The Morgan fingerprint density at radius 2 is 1.00 bits per heavy atom. The lowest BCUT2D eigenvalue weighted by Gasteiger charge is -2.50. The number of nitrogens with one attached hydrogen (secondary N) is 2. The fourth-order valence-corrected chi connectivity index (χ4v) is 5.67. The van der Waals surface area contributed by atoms with E-state index in [1.807, 2.05) is 55.4 Å². The van der Waals surface area contributed by atoms with Gasteiger partial charge in [0.05, 0.1) is 7.11 Å². The third-order valence-corrected chi connectivity index (χ3v) is 6.65. The minimum Gasteiger partial charge on any atom is -0.467 e. The molecule has 180 valence electrons. The van der Waals surface area contributed by atoms with Crippen LogP contribution in [0, 0.1) is 0 Å². The predicted molar refractivity (Wildman–Crippen MR) is 121 cm³/mol. The van der Waals surface area contributed by atoms with Crippen molar-refractivity contribution >= 4 is 11.9 Å². The van der Waals surface area contributed by atoms with Gasteiger partial charge in [0.1, 0.15) is 0 Å². The third kappa shape index (κ3) is 5.08. The molecule has 0 atom stereocenters. The minimum atomic E-state index is -0.499. The minimum absolute atomic E-state index is 0.0340. The Morgan fingerprint density at radius 3 is 1.28 bits per heavy atom. The molecular weight excluding hydrogens is 410 g/mol. The van der Waals surface area contributed by atoms with Crippen LogP contribution in [0.5, 0.6) is 6.01 Å². The molecule has 32 heavy (non-hydrogen) atoms. The molecule has 0 unspecified atom stereocenters. The Hall–Kier alpha value is -1.75. The van der Waals surface area contributed by atoms with E-state index in [4.69, 9.17) is 4.74 Å². The van der Waals surface area contributed by atoms with Crippen LogP contribution in [0.3, 0.4) is 0 Å².